The number of carbonyl (C=O) groups is 1. The molecule has 0 atom stereocenters. The van der Waals surface area contributed by atoms with Crippen molar-refractivity contribution < 1.29 is 4.79 Å². The van der Waals surface area contributed by atoms with Crippen molar-refractivity contribution in [1.82, 2.24) is 9.55 Å². The van der Waals surface area contributed by atoms with Crippen LogP contribution in [0.25, 0.3) is 11.1 Å². The highest BCUT2D eigenvalue weighted by Crippen LogP contribution is 2.37. The fourth-order valence-electron chi connectivity index (χ4n) is 3.29. The number of amides is 1. The molecule has 128 valence electrons. The fraction of sp³-hybridized carbons (Fsp3) is 0.200. The molecule has 3 aromatic rings. The van der Waals surface area contributed by atoms with E-state index in [9.17, 15) is 4.79 Å². The van der Waals surface area contributed by atoms with E-state index in [-0.39, 0.29) is 0 Å². The van der Waals surface area contributed by atoms with Crippen LogP contribution < -0.4 is 5.73 Å². The summed E-state index contributed by atoms with van der Waals surface area (Å²) in [6.07, 6.45) is 2.52. The van der Waals surface area contributed by atoms with Gasteiger partial charge in [-0.25, -0.2) is 0 Å². The smallest absolute Gasteiger partial charge is 0.251 e. The number of benzene rings is 1. The van der Waals surface area contributed by atoms with E-state index in [2.05, 4.69) is 16.5 Å². The first-order chi connectivity index (χ1) is 12.0. The standard InChI is InChI=1S/C20H20ClN3O/c1-3-17-19(15-9-4-5-10-16(15)21)18(20(22)25)13(2)24(17)12-14-8-6-7-11-23-14/h4-11H,3,12H2,1-2H3,(H2,22,25). The number of carbonyl (C=O) groups excluding carboxylic acids is 1. The van der Waals surface area contributed by atoms with Crippen molar-refractivity contribution in [3.63, 3.8) is 0 Å². The zero-order valence-corrected chi connectivity index (χ0v) is 15.0. The number of hydrogen-bond donors (Lipinski definition) is 1. The topological polar surface area (TPSA) is 60.9 Å². The SMILES string of the molecule is CCc1c(-c2ccccc2Cl)c(C(N)=O)c(C)n1Cc1ccccn1. The van der Waals surface area contributed by atoms with Crippen molar-refractivity contribution >= 4 is 17.5 Å². The molecule has 0 bridgehead atoms. The van der Waals surface area contributed by atoms with Crippen LogP contribution in [0.4, 0.5) is 0 Å². The Kier molecular flexibility index (Phi) is 4.91. The first-order valence-electron chi connectivity index (χ1n) is 8.21. The molecule has 0 unspecified atom stereocenters. The van der Waals surface area contributed by atoms with E-state index in [1.165, 1.54) is 0 Å². The Bertz CT molecular complexity index is 916. The normalized spacial score (nSPS) is 10.8. The van der Waals surface area contributed by atoms with Crippen molar-refractivity contribution in [2.75, 3.05) is 0 Å². The highest BCUT2D eigenvalue weighted by atomic mass is 35.5. The lowest BCUT2D eigenvalue weighted by Crippen LogP contribution is -2.14. The fourth-order valence-corrected chi connectivity index (χ4v) is 3.52. The van der Waals surface area contributed by atoms with E-state index in [1.54, 1.807) is 6.20 Å². The molecule has 1 amide bonds. The maximum atomic E-state index is 12.2. The minimum Gasteiger partial charge on any atom is -0.366 e. The minimum absolute atomic E-state index is 0.443. The van der Waals surface area contributed by atoms with Crippen molar-refractivity contribution in [2.45, 2.75) is 26.8 Å². The average Bonchev–Trinajstić information content (AvgIpc) is 2.88. The molecule has 4 nitrogen and oxygen atoms in total. The molecule has 0 spiro atoms. The van der Waals surface area contributed by atoms with Gasteiger partial charge in [-0.15, -0.1) is 0 Å². The van der Waals surface area contributed by atoms with Gasteiger partial charge in [0.2, 0.25) is 0 Å². The van der Waals surface area contributed by atoms with Crippen molar-refractivity contribution in [2.24, 2.45) is 5.73 Å². The Morgan fingerprint density at radius 3 is 2.52 bits per heavy atom. The second-order valence-electron chi connectivity index (χ2n) is 5.89. The molecular formula is C20H20ClN3O. The highest BCUT2D eigenvalue weighted by Gasteiger charge is 2.25. The number of nitrogens with two attached hydrogens (primary N) is 1. The number of hydrogen-bond acceptors (Lipinski definition) is 2. The van der Waals surface area contributed by atoms with E-state index in [1.807, 2.05) is 49.4 Å². The van der Waals surface area contributed by atoms with E-state index < -0.39 is 5.91 Å². The number of rotatable bonds is 5. The first-order valence-corrected chi connectivity index (χ1v) is 8.59. The van der Waals surface area contributed by atoms with E-state index in [0.29, 0.717) is 17.1 Å². The van der Waals surface area contributed by atoms with Crippen molar-refractivity contribution in [3.05, 3.63) is 76.3 Å². The summed E-state index contributed by atoms with van der Waals surface area (Å²) in [5, 5.41) is 0.606. The lowest BCUT2D eigenvalue weighted by Gasteiger charge is -2.12. The van der Waals surface area contributed by atoms with Gasteiger partial charge in [-0.3, -0.25) is 9.78 Å². The maximum Gasteiger partial charge on any atom is 0.251 e. The lowest BCUT2D eigenvalue weighted by atomic mass is 9.99. The zero-order valence-electron chi connectivity index (χ0n) is 14.3. The highest BCUT2D eigenvalue weighted by molar-refractivity contribution is 6.33. The molecule has 3 rings (SSSR count). The van der Waals surface area contributed by atoms with Crippen LogP contribution in [0.2, 0.25) is 5.02 Å². The third kappa shape index (κ3) is 3.17. The second kappa shape index (κ2) is 7.11. The van der Waals surface area contributed by atoms with E-state index in [4.69, 9.17) is 17.3 Å². The summed E-state index contributed by atoms with van der Waals surface area (Å²) in [4.78, 5) is 16.6. The second-order valence-corrected chi connectivity index (χ2v) is 6.29. The largest absolute Gasteiger partial charge is 0.366 e. The Hall–Kier alpha value is -2.59. The molecule has 0 aliphatic carbocycles. The van der Waals surface area contributed by atoms with E-state index in [0.717, 1.165) is 34.6 Å². The first kappa shape index (κ1) is 17.2. The summed E-state index contributed by atoms with van der Waals surface area (Å²) in [6.45, 7) is 4.57. The summed E-state index contributed by atoms with van der Waals surface area (Å²) in [7, 11) is 0. The van der Waals surface area contributed by atoms with Crippen molar-refractivity contribution in [3.8, 4) is 11.1 Å². The van der Waals surface area contributed by atoms with Crippen LogP contribution >= 0.6 is 11.6 Å². The monoisotopic (exact) mass is 353 g/mol. The van der Waals surface area contributed by atoms with Crippen molar-refractivity contribution in [1.29, 1.82) is 0 Å². The zero-order chi connectivity index (χ0) is 18.0. The van der Waals surface area contributed by atoms with Crippen LogP contribution in [0.1, 0.15) is 34.4 Å². The Labute approximate surface area is 152 Å². The molecule has 0 radical (unpaired) electrons. The van der Waals surface area contributed by atoms with Crippen LogP contribution in [0.3, 0.4) is 0 Å². The molecule has 0 aliphatic rings. The Morgan fingerprint density at radius 2 is 1.92 bits per heavy atom. The van der Waals surface area contributed by atoms with Crippen LogP contribution in [0.5, 0.6) is 0 Å². The summed E-state index contributed by atoms with van der Waals surface area (Å²) in [5.74, 6) is -0.443. The van der Waals surface area contributed by atoms with Gasteiger partial charge in [-0.05, 0) is 31.5 Å². The quantitative estimate of drug-likeness (QED) is 0.746. The van der Waals surface area contributed by atoms with Crippen LogP contribution in [0, 0.1) is 6.92 Å². The summed E-state index contributed by atoms with van der Waals surface area (Å²) < 4.78 is 2.11. The lowest BCUT2D eigenvalue weighted by molar-refractivity contribution is 0.1000. The summed E-state index contributed by atoms with van der Waals surface area (Å²) >= 11 is 6.41. The Morgan fingerprint density at radius 1 is 1.20 bits per heavy atom. The van der Waals surface area contributed by atoms with Gasteiger partial charge < -0.3 is 10.3 Å². The molecular weight excluding hydrogens is 334 g/mol. The van der Waals surface area contributed by atoms with Crippen LogP contribution in [0.15, 0.2) is 48.7 Å². The van der Waals surface area contributed by atoms with Crippen LogP contribution in [-0.2, 0) is 13.0 Å². The number of pyridine rings is 1. The third-order valence-corrected chi connectivity index (χ3v) is 4.73. The number of nitrogens with zero attached hydrogens (tertiary/aromatic N) is 2. The average molecular weight is 354 g/mol. The number of halogens is 1. The van der Waals surface area contributed by atoms with Gasteiger partial charge in [0.1, 0.15) is 0 Å². The van der Waals surface area contributed by atoms with Gasteiger partial charge in [0.05, 0.1) is 17.8 Å². The molecule has 0 saturated carbocycles. The predicted octanol–water partition coefficient (Wildman–Crippen LogP) is 4.22. The number of primary amides is 1. The molecule has 0 saturated heterocycles. The molecule has 1 aromatic carbocycles. The maximum absolute atomic E-state index is 12.2. The van der Waals surface area contributed by atoms with Crippen LogP contribution in [-0.4, -0.2) is 15.5 Å². The van der Waals surface area contributed by atoms with Gasteiger partial charge >= 0.3 is 0 Å². The number of aromatic nitrogens is 2. The van der Waals surface area contributed by atoms with Gasteiger partial charge in [0.25, 0.3) is 5.91 Å². The molecule has 2 aromatic heterocycles. The molecule has 5 heteroatoms. The molecule has 2 N–H and O–H groups in total. The molecule has 2 heterocycles. The van der Waals surface area contributed by atoms with Gasteiger partial charge in [-0.2, -0.15) is 0 Å². The summed E-state index contributed by atoms with van der Waals surface area (Å²) in [5.41, 5.74) is 10.7. The molecule has 25 heavy (non-hydrogen) atoms. The molecule has 0 aliphatic heterocycles. The third-order valence-electron chi connectivity index (χ3n) is 4.40. The Balaban J connectivity index is 2.26. The van der Waals surface area contributed by atoms with Gasteiger partial charge in [0.15, 0.2) is 0 Å². The predicted molar refractivity (Wildman–Crippen MR) is 101 cm³/mol. The minimum atomic E-state index is -0.443. The summed E-state index contributed by atoms with van der Waals surface area (Å²) in [6, 6.07) is 13.3. The van der Waals surface area contributed by atoms with Gasteiger partial charge in [0, 0.05) is 33.7 Å². The van der Waals surface area contributed by atoms with Gasteiger partial charge in [-0.1, -0.05) is 42.8 Å². The molecule has 0 fully saturated rings. The van der Waals surface area contributed by atoms with E-state index >= 15 is 0 Å².